The van der Waals surface area contributed by atoms with Gasteiger partial charge in [0.2, 0.25) is 0 Å². The fraction of sp³-hybridized carbons (Fsp3) is 0.458. The van der Waals surface area contributed by atoms with Crippen molar-refractivity contribution in [3.63, 3.8) is 0 Å². The Morgan fingerprint density at radius 1 is 1.00 bits per heavy atom. The molecule has 3 nitrogen and oxygen atoms in total. The number of hydrogen-bond donors (Lipinski definition) is 0. The summed E-state index contributed by atoms with van der Waals surface area (Å²) in [6.07, 6.45) is 5.37. The standard InChI is InChI=1S/C24H31NO2/c1-3-4-20-13-15-25(16-14-20)17-18-27-24-11-9-23(10-12-24)22-7-5-21(6-8-22)19(2)26/h5-12,20H,3-4,13-18H2,1-2H3. The Morgan fingerprint density at radius 2 is 1.59 bits per heavy atom. The van der Waals surface area contributed by atoms with Crippen LogP contribution in [-0.2, 0) is 0 Å². The minimum Gasteiger partial charge on any atom is -0.492 e. The SMILES string of the molecule is CCCC1CCN(CCOc2ccc(-c3ccc(C(C)=O)cc3)cc2)CC1. The van der Waals surface area contributed by atoms with E-state index in [1.807, 2.05) is 36.4 Å². The fourth-order valence-corrected chi connectivity index (χ4v) is 3.84. The molecule has 0 aliphatic carbocycles. The van der Waals surface area contributed by atoms with E-state index < -0.39 is 0 Å². The van der Waals surface area contributed by atoms with Crippen molar-refractivity contribution in [2.24, 2.45) is 5.92 Å². The van der Waals surface area contributed by atoms with Gasteiger partial charge in [0.1, 0.15) is 12.4 Å². The normalized spacial score (nSPS) is 15.6. The third-order valence-corrected chi connectivity index (χ3v) is 5.56. The van der Waals surface area contributed by atoms with Crippen molar-refractivity contribution in [3.8, 4) is 16.9 Å². The molecule has 2 aromatic rings. The number of Topliss-reactive ketones (excluding diaryl/α,β-unsaturated/α-hetero) is 1. The van der Waals surface area contributed by atoms with Gasteiger partial charge in [0.05, 0.1) is 0 Å². The first-order valence-corrected chi connectivity index (χ1v) is 10.2. The van der Waals surface area contributed by atoms with Crippen molar-refractivity contribution in [1.29, 1.82) is 0 Å². The zero-order chi connectivity index (χ0) is 19.1. The summed E-state index contributed by atoms with van der Waals surface area (Å²) in [5, 5.41) is 0. The Hall–Kier alpha value is -2.13. The summed E-state index contributed by atoms with van der Waals surface area (Å²) in [7, 11) is 0. The van der Waals surface area contributed by atoms with E-state index >= 15 is 0 Å². The predicted molar refractivity (Wildman–Crippen MR) is 111 cm³/mol. The molecule has 1 aliphatic heterocycles. The van der Waals surface area contributed by atoms with Crippen molar-refractivity contribution in [1.82, 2.24) is 4.90 Å². The van der Waals surface area contributed by atoms with E-state index in [-0.39, 0.29) is 5.78 Å². The molecule has 3 rings (SSSR count). The second-order valence-electron chi connectivity index (χ2n) is 7.58. The molecule has 1 saturated heterocycles. The van der Waals surface area contributed by atoms with Crippen LogP contribution in [-0.4, -0.2) is 36.9 Å². The first kappa shape index (κ1) is 19.6. The number of piperidine rings is 1. The van der Waals surface area contributed by atoms with Gasteiger partial charge in [0, 0.05) is 12.1 Å². The molecule has 1 fully saturated rings. The van der Waals surface area contributed by atoms with Crippen LogP contribution in [0.1, 0.15) is 49.9 Å². The van der Waals surface area contributed by atoms with Crippen LogP contribution in [0.15, 0.2) is 48.5 Å². The quantitative estimate of drug-likeness (QED) is 0.583. The number of ketones is 1. The first-order chi connectivity index (χ1) is 13.2. The van der Waals surface area contributed by atoms with E-state index in [0.717, 1.165) is 41.5 Å². The summed E-state index contributed by atoms with van der Waals surface area (Å²) >= 11 is 0. The van der Waals surface area contributed by atoms with Gasteiger partial charge in [-0.05, 0) is 62.0 Å². The van der Waals surface area contributed by atoms with Gasteiger partial charge in [0.15, 0.2) is 5.78 Å². The highest BCUT2D eigenvalue weighted by Crippen LogP contribution is 2.24. The van der Waals surface area contributed by atoms with E-state index in [4.69, 9.17) is 4.74 Å². The number of ether oxygens (including phenoxy) is 1. The van der Waals surface area contributed by atoms with Crippen molar-refractivity contribution in [2.45, 2.75) is 39.5 Å². The third kappa shape index (κ3) is 5.67. The van der Waals surface area contributed by atoms with Crippen LogP contribution in [0.2, 0.25) is 0 Å². The molecule has 1 aliphatic rings. The number of carbonyl (C=O) groups is 1. The molecule has 0 aromatic heterocycles. The fourth-order valence-electron chi connectivity index (χ4n) is 3.84. The molecule has 3 heteroatoms. The highest BCUT2D eigenvalue weighted by atomic mass is 16.5. The lowest BCUT2D eigenvalue weighted by Gasteiger charge is -2.31. The first-order valence-electron chi connectivity index (χ1n) is 10.2. The van der Waals surface area contributed by atoms with E-state index in [1.165, 1.54) is 38.8 Å². The summed E-state index contributed by atoms with van der Waals surface area (Å²) in [5.41, 5.74) is 2.99. The summed E-state index contributed by atoms with van der Waals surface area (Å²) in [5.74, 6) is 1.95. The van der Waals surface area contributed by atoms with E-state index in [0.29, 0.717) is 0 Å². The molecule has 0 bridgehead atoms. The number of nitrogens with zero attached hydrogens (tertiary/aromatic N) is 1. The maximum absolute atomic E-state index is 11.4. The van der Waals surface area contributed by atoms with Gasteiger partial charge in [0.25, 0.3) is 0 Å². The van der Waals surface area contributed by atoms with Crippen LogP contribution < -0.4 is 4.74 Å². The molecule has 0 N–H and O–H groups in total. The molecule has 144 valence electrons. The Labute approximate surface area is 163 Å². The van der Waals surface area contributed by atoms with Crippen molar-refractivity contribution >= 4 is 5.78 Å². The molecule has 0 saturated carbocycles. The molecular weight excluding hydrogens is 334 g/mol. The smallest absolute Gasteiger partial charge is 0.159 e. The van der Waals surface area contributed by atoms with Crippen LogP contribution in [0.25, 0.3) is 11.1 Å². The minimum atomic E-state index is 0.0971. The van der Waals surface area contributed by atoms with Gasteiger partial charge in [-0.3, -0.25) is 9.69 Å². The predicted octanol–water partition coefficient (Wildman–Crippen LogP) is 5.45. The van der Waals surface area contributed by atoms with Crippen LogP contribution in [0, 0.1) is 5.92 Å². The van der Waals surface area contributed by atoms with Crippen molar-refractivity contribution in [3.05, 3.63) is 54.1 Å². The van der Waals surface area contributed by atoms with Gasteiger partial charge in [-0.15, -0.1) is 0 Å². The molecular formula is C24H31NO2. The number of likely N-dealkylation sites (tertiary alicyclic amines) is 1. The highest BCUT2D eigenvalue weighted by molar-refractivity contribution is 5.94. The Morgan fingerprint density at radius 3 is 2.15 bits per heavy atom. The number of carbonyl (C=O) groups excluding carboxylic acids is 1. The van der Waals surface area contributed by atoms with Gasteiger partial charge >= 0.3 is 0 Å². The van der Waals surface area contributed by atoms with Gasteiger partial charge in [-0.1, -0.05) is 56.2 Å². The number of benzene rings is 2. The summed E-state index contributed by atoms with van der Waals surface area (Å²) in [4.78, 5) is 13.9. The lowest BCUT2D eigenvalue weighted by molar-refractivity contribution is 0.101. The number of hydrogen-bond acceptors (Lipinski definition) is 3. The maximum atomic E-state index is 11.4. The second kappa shape index (κ2) is 9.70. The molecule has 0 unspecified atom stereocenters. The summed E-state index contributed by atoms with van der Waals surface area (Å²) in [6.45, 7) is 8.05. The zero-order valence-electron chi connectivity index (χ0n) is 16.6. The molecule has 27 heavy (non-hydrogen) atoms. The Bertz CT molecular complexity index is 713. The lowest BCUT2D eigenvalue weighted by Crippen LogP contribution is -2.36. The van der Waals surface area contributed by atoms with Gasteiger partial charge in [-0.2, -0.15) is 0 Å². The average molecular weight is 366 g/mol. The van der Waals surface area contributed by atoms with Crippen LogP contribution in [0.3, 0.4) is 0 Å². The van der Waals surface area contributed by atoms with Crippen molar-refractivity contribution in [2.75, 3.05) is 26.2 Å². The lowest BCUT2D eigenvalue weighted by atomic mass is 9.92. The number of rotatable bonds is 8. The molecule has 2 aromatic carbocycles. The molecule has 1 heterocycles. The van der Waals surface area contributed by atoms with Crippen molar-refractivity contribution < 1.29 is 9.53 Å². The third-order valence-electron chi connectivity index (χ3n) is 5.56. The van der Waals surface area contributed by atoms with Crippen LogP contribution >= 0.6 is 0 Å². The van der Waals surface area contributed by atoms with Crippen LogP contribution in [0.5, 0.6) is 5.75 Å². The van der Waals surface area contributed by atoms with Gasteiger partial charge < -0.3 is 4.74 Å². The molecule has 0 spiro atoms. The maximum Gasteiger partial charge on any atom is 0.159 e. The Kier molecular flexibility index (Phi) is 7.05. The van der Waals surface area contributed by atoms with E-state index in [9.17, 15) is 4.79 Å². The zero-order valence-corrected chi connectivity index (χ0v) is 16.6. The Balaban J connectivity index is 1.45. The second-order valence-corrected chi connectivity index (χ2v) is 7.58. The average Bonchev–Trinajstić information content (AvgIpc) is 2.70. The van der Waals surface area contributed by atoms with E-state index in [2.05, 4.69) is 24.0 Å². The summed E-state index contributed by atoms with van der Waals surface area (Å²) in [6, 6.07) is 16.0. The topological polar surface area (TPSA) is 29.5 Å². The molecule has 0 atom stereocenters. The molecule has 0 amide bonds. The van der Waals surface area contributed by atoms with Gasteiger partial charge in [-0.25, -0.2) is 0 Å². The minimum absolute atomic E-state index is 0.0971. The molecule has 0 radical (unpaired) electrons. The van der Waals surface area contributed by atoms with Crippen LogP contribution in [0.4, 0.5) is 0 Å². The largest absolute Gasteiger partial charge is 0.492 e. The van der Waals surface area contributed by atoms with E-state index in [1.54, 1.807) is 6.92 Å². The summed E-state index contributed by atoms with van der Waals surface area (Å²) < 4.78 is 5.94. The monoisotopic (exact) mass is 365 g/mol. The highest BCUT2D eigenvalue weighted by Gasteiger charge is 2.18.